The summed E-state index contributed by atoms with van der Waals surface area (Å²) in [6, 6.07) is 3.01. The summed E-state index contributed by atoms with van der Waals surface area (Å²) in [5, 5.41) is 11.5. The lowest BCUT2D eigenvalue weighted by Gasteiger charge is -2.07. The van der Waals surface area contributed by atoms with E-state index in [2.05, 4.69) is 5.32 Å². The van der Waals surface area contributed by atoms with Gasteiger partial charge in [0.25, 0.3) is 11.7 Å². The molecule has 7 heteroatoms. The first-order chi connectivity index (χ1) is 9.52. The molecule has 1 unspecified atom stereocenters. The highest BCUT2D eigenvalue weighted by Gasteiger charge is 2.12. The van der Waals surface area contributed by atoms with Gasteiger partial charge in [-0.3, -0.25) is 4.79 Å². The fraction of sp³-hybridized carbons (Fsp3) is 0.615. The lowest BCUT2D eigenvalue weighted by atomic mass is 10.1. The van der Waals surface area contributed by atoms with Gasteiger partial charge < -0.3 is 14.8 Å². The first-order valence-electron chi connectivity index (χ1n) is 6.40. The van der Waals surface area contributed by atoms with Crippen LogP contribution in [0.3, 0.4) is 0 Å². The molecule has 114 valence electrons. The van der Waals surface area contributed by atoms with Crippen molar-refractivity contribution >= 4 is 17.7 Å². The molecule has 0 aromatic carbocycles. The van der Waals surface area contributed by atoms with Crippen molar-refractivity contribution in [2.45, 2.75) is 31.3 Å². The first kappa shape index (κ1) is 17.0. The third kappa shape index (κ3) is 6.38. The van der Waals surface area contributed by atoms with Crippen molar-refractivity contribution in [2.24, 2.45) is 5.92 Å². The second-order valence-electron chi connectivity index (χ2n) is 4.52. The summed E-state index contributed by atoms with van der Waals surface area (Å²) >= 11 is 0.454. The van der Waals surface area contributed by atoms with E-state index in [9.17, 15) is 13.6 Å². The molecule has 1 atom stereocenters. The number of carbonyl (C=O) groups is 1. The summed E-state index contributed by atoms with van der Waals surface area (Å²) in [5.74, 6) is -2.06. The largest absolute Gasteiger partial charge is 0.455 e. The number of carbonyl (C=O) groups excluding carboxylic acids is 1. The van der Waals surface area contributed by atoms with Gasteiger partial charge in [0.05, 0.1) is 5.75 Å². The number of nitrogens with one attached hydrogen (secondary N) is 1. The summed E-state index contributed by atoms with van der Waals surface area (Å²) in [6.07, 6.45) is 1.59. The molecule has 1 rings (SSSR count). The maximum absolute atomic E-state index is 12.0. The smallest absolute Gasteiger partial charge is 0.286 e. The number of furan rings is 1. The molecular weight excluding hydrogens is 288 g/mol. The van der Waals surface area contributed by atoms with Crippen LogP contribution in [0.15, 0.2) is 16.5 Å². The Bertz CT molecular complexity index is 412. The van der Waals surface area contributed by atoms with Crippen LogP contribution in [0.5, 0.6) is 0 Å². The Kier molecular flexibility index (Phi) is 7.61. The zero-order valence-corrected chi connectivity index (χ0v) is 12.1. The molecule has 20 heavy (non-hydrogen) atoms. The molecule has 4 nitrogen and oxygen atoms in total. The Hall–Kier alpha value is -1.08. The minimum Gasteiger partial charge on any atom is -0.455 e. The highest BCUT2D eigenvalue weighted by atomic mass is 32.2. The fourth-order valence-corrected chi connectivity index (χ4v) is 2.00. The number of aliphatic hydroxyl groups excluding tert-OH is 1. The van der Waals surface area contributed by atoms with Gasteiger partial charge in [-0.1, -0.05) is 18.7 Å². The Balaban J connectivity index is 2.29. The van der Waals surface area contributed by atoms with Crippen molar-refractivity contribution in [3.63, 3.8) is 0 Å². The molecule has 0 fully saturated rings. The van der Waals surface area contributed by atoms with Crippen LogP contribution in [-0.4, -0.2) is 29.9 Å². The summed E-state index contributed by atoms with van der Waals surface area (Å²) in [7, 11) is 0. The van der Waals surface area contributed by atoms with Gasteiger partial charge in [-0.25, -0.2) is 0 Å². The monoisotopic (exact) mass is 307 g/mol. The molecule has 0 radical (unpaired) electrons. The normalized spacial score (nSPS) is 12.7. The van der Waals surface area contributed by atoms with Gasteiger partial charge in [0.2, 0.25) is 0 Å². The minimum absolute atomic E-state index is 0.0406. The Morgan fingerprint density at radius 2 is 2.25 bits per heavy atom. The molecule has 0 saturated heterocycles. The SMILES string of the molecule is CC(CO)CCCNC(=O)c1ccc(CSC(F)F)o1. The summed E-state index contributed by atoms with van der Waals surface area (Å²) in [5.41, 5.74) is 0. The van der Waals surface area contributed by atoms with Crippen LogP contribution < -0.4 is 5.32 Å². The van der Waals surface area contributed by atoms with E-state index in [1.165, 1.54) is 12.1 Å². The van der Waals surface area contributed by atoms with Crippen molar-refractivity contribution < 1.29 is 23.1 Å². The second kappa shape index (κ2) is 8.97. The van der Waals surface area contributed by atoms with Gasteiger partial charge in [-0.15, -0.1) is 0 Å². The van der Waals surface area contributed by atoms with Crippen molar-refractivity contribution in [1.29, 1.82) is 0 Å². The standard InChI is InChI=1S/C13H19F2NO3S/c1-9(7-17)3-2-6-16-12(18)11-5-4-10(19-11)8-20-13(14)15/h4-5,9,13,17H,2-3,6-8H2,1H3,(H,16,18). The predicted molar refractivity (Wildman–Crippen MR) is 73.8 cm³/mol. The maximum atomic E-state index is 12.0. The van der Waals surface area contributed by atoms with E-state index in [0.717, 1.165) is 12.8 Å². The molecule has 0 bridgehead atoms. The molecule has 0 aliphatic carbocycles. The number of alkyl halides is 2. The van der Waals surface area contributed by atoms with Crippen LogP contribution in [0, 0.1) is 5.92 Å². The lowest BCUT2D eigenvalue weighted by molar-refractivity contribution is 0.0923. The van der Waals surface area contributed by atoms with Gasteiger partial charge in [-0.2, -0.15) is 8.78 Å². The maximum Gasteiger partial charge on any atom is 0.286 e. The van der Waals surface area contributed by atoms with Crippen molar-refractivity contribution in [3.05, 3.63) is 23.7 Å². The second-order valence-corrected chi connectivity index (χ2v) is 5.50. The number of amides is 1. The third-order valence-corrected chi connectivity index (χ3v) is 3.41. The fourth-order valence-electron chi connectivity index (χ4n) is 1.55. The number of thioether (sulfide) groups is 1. The number of rotatable bonds is 9. The van der Waals surface area contributed by atoms with Gasteiger partial charge in [0.1, 0.15) is 5.76 Å². The van der Waals surface area contributed by atoms with Crippen LogP contribution in [0.2, 0.25) is 0 Å². The molecule has 1 heterocycles. The average Bonchev–Trinajstić information content (AvgIpc) is 2.89. The Morgan fingerprint density at radius 3 is 2.90 bits per heavy atom. The minimum atomic E-state index is -2.45. The predicted octanol–water partition coefficient (Wildman–Crippen LogP) is 2.87. The highest BCUT2D eigenvalue weighted by Crippen LogP contribution is 2.21. The molecule has 2 N–H and O–H groups in total. The van der Waals surface area contributed by atoms with Gasteiger partial charge in [0, 0.05) is 13.2 Å². The highest BCUT2D eigenvalue weighted by molar-refractivity contribution is 7.98. The van der Waals surface area contributed by atoms with Crippen LogP contribution in [0.4, 0.5) is 8.78 Å². The van der Waals surface area contributed by atoms with Crippen molar-refractivity contribution in [3.8, 4) is 0 Å². The molecule has 1 amide bonds. The molecule has 1 aromatic heterocycles. The van der Waals surface area contributed by atoms with E-state index < -0.39 is 5.76 Å². The average molecular weight is 307 g/mol. The van der Waals surface area contributed by atoms with Crippen LogP contribution in [0.1, 0.15) is 36.1 Å². The van der Waals surface area contributed by atoms with E-state index in [1.807, 2.05) is 6.92 Å². The van der Waals surface area contributed by atoms with E-state index in [-0.39, 0.29) is 29.9 Å². The summed E-state index contributed by atoms with van der Waals surface area (Å²) in [6.45, 7) is 2.56. The molecule has 1 aromatic rings. The quantitative estimate of drug-likeness (QED) is 0.689. The van der Waals surface area contributed by atoms with Crippen molar-refractivity contribution in [2.75, 3.05) is 13.2 Å². The Morgan fingerprint density at radius 1 is 1.50 bits per heavy atom. The molecule has 0 aliphatic rings. The van der Waals surface area contributed by atoms with Gasteiger partial charge >= 0.3 is 0 Å². The molecular formula is C13H19F2NO3S. The third-order valence-electron chi connectivity index (χ3n) is 2.71. The van der Waals surface area contributed by atoms with E-state index >= 15 is 0 Å². The van der Waals surface area contributed by atoms with Gasteiger partial charge in [0.15, 0.2) is 5.76 Å². The van der Waals surface area contributed by atoms with Crippen LogP contribution >= 0.6 is 11.8 Å². The summed E-state index contributed by atoms with van der Waals surface area (Å²) in [4.78, 5) is 11.7. The molecule has 0 saturated carbocycles. The number of hydrogen-bond donors (Lipinski definition) is 2. The van der Waals surface area contributed by atoms with E-state index in [0.29, 0.717) is 24.1 Å². The number of aliphatic hydroxyl groups is 1. The van der Waals surface area contributed by atoms with E-state index in [4.69, 9.17) is 9.52 Å². The number of hydrogen-bond acceptors (Lipinski definition) is 4. The first-order valence-corrected chi connectivity index (χ1v) is 7.45. The topological polar surface area (TPSA) is 62.5 Å². The van der Waals surface area contributed by atoms with Crippen LogP contribution in [-0.2, 0) is 5.75 Å². The molecule has 0 aliphatic heterocycles. The summed E-state index contributed by atoms with van der Waals surface area (Å²) < 4.78 is 29.2. The molecule has 0 spiro atoms. The van der Waals surface area contributed by atoms with Crippen LogP contribution in [0.25, 0.3) is 0 Å². The number of halogens is 2. The van der Waals surface area contributed by atoms with E-state index in [1.54, 1.807) is 0 Å². The Labute approximate surface area is 120 Å². The zero-order chi connectivity index (χ0) is 15.0. The van der Waals surface area contributed by atoms with Gasteiger partial charge in [-0.05, 0) is 30.9 Å². The van der Waals surface area contributed by atoms with Crippen molar-refractivity contribution in [1.82, 2.24) is 5.32 Å². The zero-order valence-electron chi connectivity index (χ0n) is 11.3. The lowest BCUT2D eigenvalue weighted by Crippen LogP contribution is -2.24.